The molecule has 0 amide bonds. The van der Waals surface area contributed by atoms with Crippen LogP contribution in [0.2, 0.25) is 4.34 Å². The summed E-state index contributed by atoms with van der Waals surface area (Å²) in [5.74, 6) is 0.0781. The molecule has 2 heterocycles. The molecule has 0 aliphatic rings. The van der Waals surface area contributed by atoms with Crippen molar-refractivity contribution in [1.82, 2.24) is 4.57 Å². The normalized spacial score (nSPS) is 11.1. The molecule has 0 aliphatic carbocycles. The molecule has 2 aromatic heterocycles. The number of Topliss-reactive ketones (excluding diaryl/α,β-unsaturated/α-hetero) is 1. The van der Waals surface area contributed by atoms with Crippen molar-refractivity contribution in [3.63, 3.8) is 0 Å². The lowest BCUT2D eigenvalue weighted by Crippen LogP contribution is -2.07. The van der Waals surface area contributed by atoms with E-state index in [0.29, 0.717) is 15.8 Å². The molecular formula is C14H9BrClNOS. The first-order valence-corrected chi connectivity index (χ1v) is 7.65. The number of halogens is 2. The van der Waals surface area contributed by atoms with Gasteiger partial charge in [0.1, 0.15) is 0 Å². The lowest BCUT2D eigenvalue weighted by atomic mass is 10.2. The van der Waals surface area contributed by atoms with E-state index in [9.17, 15) is 4.79 Å². The van der Waals surface area contributed by atoms with Gasteiger partial charge in [0, 0.05) is 16.2 Å². The summed E-state index contributed by atoms with van der Waals surface area (Å²) < 4.78 is 3.60. The summed E-state index contributed by atoms with van der Waals surface area (Å²) in [6.45, 7) is 0.330. The number of benzene rings is 1. The van der Waals surface area contributed by atoms with Gasteiger partial charge in [-0.1, -0.05) is 33.6 Å². The zero-order valence-electron chi connectivity index (χ0n) is 9.77. The van der Waals surface area contributed by atoms with E-state index in [1.807, 2.05) is 35.0 Å². The molecule has 0 radical (unpaired) electrons. The van der Waals surface area contributed by atoms with Crippen LogP contribution in [0.4, 0.5) is 0 Å². The summed E-state index contributed by atoms with van der Waals surface area (Å²) in [5.41, 5.74) is 1.05. The molecule has 19 heavy (non-hydrogen) atoms. The zero-order valence-corrected chi connectivity index (χ0v) is 12.9. The molecule has 0 saturated carbocycles. The molecule has 0 N–H and O–H groups in total. The molecular weight excluding hydrogens is 346 g/mol. The molecule has 0 bridgehead atoms. The molecule has 5 heteroatoms. The van der Waals surface area contributed by atoms with Gasteiger partial charge < -0.3 is 4.57 Å². The second-order valence-electron chi connectivity index (χ2n) is 4.17. The van der Waals surface area contributed by atoms with Crippen molar-refractivity contribution in [2.45, 2.75) is 6.54 Å². The lowest BCUT2D eigenvalue weighted by Gasteiger charge is -2.04. The van der Waals surface area contributed by atoms with E-state index < -0.39 is 0 Å². The molecule has 0 atom stereocenters. The molecule has 3 aromatic rings. The third kappa shape index (κ3) is 2.61. The number of hydrogen-bond donors (Lipinski definition) is 0. The molecule has 3 rings (SSSR count). The van der Waals surface area contributed by atoms with Gasteiger partial charge in [0.05, 0.1) is 15.8 Å². The largest absolute Gasteiger partial charge is 0.340 e. The van der Waals surface area contributed by atoms with E-state index >= 15 is 0 Å². The van der Waals surface area contributed by atoms with Crippen LogP contribution in [0.3, 0.4) is 0 Å². The van der Waals surface area contributed by atoms with Gasteiger partial charge in [0.25, 0.3) is 0 Å². The third-order valence-corrected chi connectivity index (χ3v) is 4.66. The van der Waals surface area contributed by atoms with E-state index in [-0.39, 0.29) is 5.78 Å². The van der Waals surface area contributed by atoms with Crippen molar-refractivity contribution in [3.8, 4) is 0 Å². The van der Waals surface area contributed by atoms with Gasteiger partial charge in [-0.05, 0) is 35.7 Å². The highest BCUT2D eigenvalue weighted by molar-refractivity contribution is 9.10. The summed E-state index contributed by atoms with van der Waals surface area (Å²) >= 11 is 10.6. The Kier molecular flexibility index (Phi) is 3.48. The number of aromatic nitrogens is 1. The predicted octanol–water partition coefficient (Wildman–Crippen LogP) is 5.00. The van der Waals surface area contributed by atoms with Crippen molar-refractivity contribution in [2.24, 2.45) is 0 Å². The number of rotatable bonds is 3. The SMILES string of the molecule is O=C(Cn1ccc2ccc(Br)cc21)c1ccc(Cl)s1. The summed E-state index contributed by atoms with van der Waals surface area (Å²) in [6.07, 6.45) is 1.93. The van der Waals surface area contributed by atoms with Crippen LogP contribution in [0, 0.1) is 0 Å². The summed E-state index contributed by atoms with van der Waals surface area (Å²) in [6, 6.07) is 11.6. The number of carbonyl (C=O) groups is 1. The van der Waals surface area contributed by atoms with Crippen LogP contribution < -0.4 is 0 Å². The maximum absolute atomic E-state index is 12.2. The fourth-order valence-electron chi connectivity index (χ4n) is 1.99. The van der Waals surface area contributed by atoms with Crippen molar-refractivity contribution in [1.29, 1.82) is 0 Å². The monoisotopic (exact) mass is 353 g/mol. The minimum absolute atomic E-state index is 0.0781. The Morgan fingerprint density at radius 3 is 2.84 bits per heavy atom. The molecule has 0 unspecified atom stereocenters. The van der Waals surface area contributed by atoms with Crippen LogP contribution in [0.5, 0.6) is 0 Å². The van der Waals surface area contributed by atoms with E-state index in [0.717, 1.165) is 15.4 Å². The summed E-state index contributed by atoms with van der Waals surface area (Å²) in [5, 5.41) is 1.13. The second-order valence-corrected chi connectivity index (χ2v) is 6.80. The fraction of sp³-hybridized carbons (Fsp3) is 0.0714. The van der Waals surface area contributed by atoms with Gasteiger partial charge >= 0.3 is 0 Å². The van der Waals surface area contributed by atoms with Gasteiger partial charge in [-0.15, -0.1) is 11.3 Å². The molecule has 0 fully saturated rings. The van der Waals surface area contributed by atoms with Crippen LogP contribution in [0.15, 0.2) is 47.1 Å². The number of thiophene rings is 1. The quantitative estimate of drug-likeness (QED) is 0.607. The highest BCUT2D eigenvalue weighted by Crippen LogP contribution is 2.24. The Hall–Kier alpha value is -1.10. The Morgan fingerprint density at radius 2 is 2.11 bits per heavy atom. The average molecular weight is 355 g/mol. The van der Waals surface area contributed by atoms with Gasteiger partial charge in [-0.25, -0.2) is 0 Å². The van der Waals surface area contributed by atoms with E-state index in [4.69, 9.17) is 11.6 Å². The van der Waals surface area contributed by atoms with Gasteiger partial charge in [0.15, 0.2) is 5.78 Å². The molecule has 2 nitrogen and oxygen atoms in total. The first-order valence-electron chi connectivity index (χ1n) is 5.66. The molecule has 0 spiro atoms. The summed E-state index contributed by atoms with van der Waals surface area (Å²) in [7, 11) is 0. The number of fused-ring (bicyclic) bond motifs is 1. The Morgan fingerprint density at radius 1 is 1.26 bits per heavy atom. The zero-order chi connectivity index (χ0) is 13.4. The van der Waals surface area contributed by atoms with Crippen LogP contribution in [0.25, 0.3) is 10.9 Å². The summed E-state index contributed by atoms with van der Waals surface area (Å²) in [4.78, 5) is 12.9. The third-order valence-electron chi connectivity index (χ3n) is 2.90. The van der Waals surface area contributed by atoms with E-state index in [1.54, 1.807) is 12.1 Å². The maximum atomic E-state index is 12.2. The van der Waals surface area contributed by atoms with Crippen LogP contribution in [-0.2, 0) is 6.54 Å². The number of nitrogens with zero attached hydrogens (tertiary/aromatic N) is 1. The molecule has 0 saturated heterocycles. The van der Waals surface area contributed by atoms with Crippen LogP contribution in [-0.4, -0.2) is 10.4 Å². The first kappa shape index (κ1) is 12.9. The topological polar surface area (TPSA) is 22.0 Å². The van der Waals surface area contributed by atoms with Crippen molar-refractivity contribution < 1.29 is 4.79 Å². The molecule has 96 valence electrons. The highest BCUT2D eigenvalue weighted by atomic mass is 79.9. The number of carbonyl (C=O) groups excluding carboxylic acids is 1. The highest BCUT2D eigenvalue weighted by Gasteiger charge is 2.11. The molecule has 1 aromatic carbocycles. The van der Waals surface area contributed by atoms with E-state index in [2.05, 4.69) is 15.9 Å². The minimum atomic E-state index is 0.0781. The van der Waals surface area contributed by atoms with Crippen molar-refractivity contribution in [2.75, 3.05) is 0 Å². The number of hydrogen-bond acceptors (Lipinski definition) is 2. The number of ketones is 1. The Bertz CT molecular complexity index is 762. The van der Waals surface area contributed by atoms with Crippen LogP contribution >= 0.6 is 38.9 Å². The Labute approximate surface area is 127 Å². The van der Waals surface area contributed by atoms with Crippen LogP contribution in [0.1, 0.15) is 9.67 Å². The first-order chi connectivity index (χ1) is 9.13. The standard InChI is InChI=1S/C14H9BrClNOS/c15-10-2-1-9-5-6-17(11(9)7-10)8-12(18)13-3-4-14(16)19-13/h1-7H,8H2. The average Bonchev–Trinajstić information content (AvgIpc) is 2.97. The van der Waals surface area contributed by atoms with Crippen molar-refractivity contribution >= 4 is 55.6 Å². The molecule has 0 aliphatic heterocycles. The smallest absolute Gasteiger partial charge is 0.192 e. The maximum Gasteiger partial charge on any atom is 0.192 e. The van der Waals surface area contributed by atoms with Gasteiger partial charge in [-0.3, -0.25) is 4.79 Å². The second kappa shape index (κ2) is 5.12. The van der Waals surface area contributed by atoms with E-state index in [1.165, 1.54) is 11.3 Å². The fourth-order valence-corrected chi connectivity index (χ4v) is 3.31. The predicted molar refractivity (Wildman–Crippen MR) is 83.3 cm³/mol. The minimum Gasteiger partial charge on any atom is -0.340 e. The Balaban J connectivity index is 1.93. The van der Waals surface area contributed by atoms with Crippen molar-refractivity contribution in [3.05, 3.63) is 56.3 Å². The van der Waals surface area contributed by atoms with Gasteiger partial charge in [0.2, 0.25) is 0 Å². The lowest BCUT2D eigenvalue weighted by molar-refractivity contribution is 0.0977. The van der Waals surface area contributed by atoms with Gasteiger partial charge in [-0.2, -0.15) is 0 Å².